The quantitative estimate of drug-likeness (QED) is 0.151. The standard InChI is InChI=1S/C24H16N2.C14H12N2.3C13H10N2.C12H6Cl2N2/c1-3-7-17(8-4-1)19-13-15-25-23-21(19)11-12-22-20(14-16-26-24(22)23)18-9-5-2-6-10-18;1-9-3-5-11-7-8-12-6-4-10(2)16-14(12)13(11)15-9;1-9-8-10-4-2-6-14-12(10)13-11(9)5-3-7-15-13;1-9-4-5-11-7-6-10-3-2-8-14-12(10)13(11)15-9;1-9-6-8-15-13-11(9)5-4-10-3-2-7-14-12(10)13;13-9-3-5-15-11-7(9)1-2-8-10(14)4-6-16-12(8)11/h1-16H;3-8H,1-2H3;3*2-8H,1H3;1-6H. The fraction of sp³-hybridized carbons (Fsp3) is 0.0562. The van der Waals surface area contributed by atoms with Crippen LogP contribution < -0.4 is 0 Å². The number of halogens is 2. The molecule has 0 saturated carbocycles. The van der Waals surface area contributed by atoms with E-state index in [0.717, 1.165) is 137 Å². The van der Waals surface area contributed by atoms with Crippen LogP contribution >= 0.6 is 23.2 Å². The van der Waals surface area contributed by atoms with Crippen LogP contribution in [-0.4, -0.2) is 59.8 Å². The molecule has 12 aromatic heterocycles. The van der Waals surface area contributed by atoms with Gasteiger partial charge in [-0.25, -0.2) is 0 Å². The van der Waals surface area contributed by atoms with Crippen LogP contribution in [0.25, 0.3) is 153 Å². The number of nitrogens with zero attached hydrogens (tertiary/aromatic N) is 12. The molecule has 0 unspecified atom stereocenters. The molecule has 12 nitrogen and oxygen atoms in total. The van der Waals surface area contributed by atoms with Gasteiger partial charge in [-0.15, -0.1) is 0 Å². The van der Waals surface area contributed by atoms with Gasteiger partial charge in [0.1, 0.15) is 0 Å². The fourth-order valence-electron chi connectivity index (χ4n) is 13.0. The predicted octanol–water partition coefficient (Wildman–Crippen LogP) is 22.9. The molecule has 0 aliphatic carbocycles. The van der Waals surface area contributed by atoms with Crippen molar-refractivity contribution >= 4 is 154 Å². The van der Waals surface area contributed by atoms with Gasteiger partial charge in [0.2, 0.25) is 0 Å². The van der Waals surface area contributed by atoms with E-state index in [-0.39, 0.29) is 0 Å². The largest absolute Gasteiger partial charge is 0.254 e. The molecule has 0 saturated heterocycles. The molecule has 8 aromatic carbocycles. The minimum Gasteiger partial charge on any atom is -0.254 e. The highest BCUT2D eigenvalue weighted by Gasteiger charge is 2.14. The lowest BCUT2D eigenvalue weighted by molar-refractivity contribution is 1.23. The molecule has 0 bridgehead atoms. The number of hydrogen-bond donors (Lipinski definition) is 0. The summed E-state index contributed by atoms with van der Waals surface area (Å²) in [7, 11) is 0. The maximum absolute atomic E-state index is 6.10. The summed E-state index contributed by atoms with van der Waals surface area (Å²) >= 11 is 12.2. The van der Waals surface area contributed by atoms with Crippen molar-refractivity contribution in [1.82, 2.24) is 59.8 Å². The van der Waals surface area contributed by atoms with E-state index < -0.39 is 0 Å². The Morgan fingerprint density at radius 3 is 0.971 bits per heavy atom. The number of benzene rings is 8. The number of aryl methyl sites for hydroxylation is 5. The Labute approximate surface area is 603 Å². The third-order valence-corrected chi connectivity index (χ3v) is 18.7. The highest BCUT2D eigenvalue weighted by molar-refractivity contribution is 6.38. The van der Waals surface area contributed by atoms with Crippen LogP contribution in [0.3, 0.4) is 0 Å². The molecule has 20 rings (SSSR count). The normalized spacial score (nSPS) is 11.1. The molecule has 0 spiro atoms. The van der Waals surface area contributed by atoms with Crippen molar-refractivity contribution in [3.8, 4) is 22.3 Å². The van der Waals surface area contributed by atoms with E-state index in [1.54, 1.807) is 24.5 Å². The maximum atomic E-state index is 6.10. The summed E-state index contributed by atoms with van der Waals surface area (Å²) in [5, 5.41) is 14.6. The van der Waals surface area contributed by atoms with Gasteiger partial charge in [-0.2, -0.15) is 0 Å². The number of aromatic nitrogens is 12. The van der Waals surface area contributed by atoms with Gasteiger partial charge in [-0.05, 0) is 147 Å². The first kappa shape index (κ1) is 66.2. The van der Waals surface area contributed by atoms with E-state index in [1.807, 2.05) is 137 Å². The average Bonchev–Trinajstić information content (AvgIpc) is 0.779. The van der Waals surface area contributed by atoms with Crippen LogP contribution in [0.1, 0.15) is 28.2 Å². The second kappa shape index (κ2) is 29.6. The Balaban J connectivity index is 0.000000101. The molecule has 14 heteroatoms. The van der Waals surface area contributed by atoms with Gasteiger partial charge in [0.25, 0.3) is 0 Å². The Bertz CT molecular complexity index is 6270. The molecule has 20 aromatic rings. The molecular weight excluding hydrogens is 1310 g/mol. The van der Waals surface area contributed by atoms with E-state index in [1.165, 1.54) is 44.2 Å². The zero-order chi connectivity index (χ0) is 70.3. The first-order chi connectivity index (χ1) is 50.5. The Morgan fingerprint density at radius 1 is 0.204 bits per heavy atom. The monoisotopic (exact) mass is 1370 g/mol. The minimum absolute atomic E-state index is 0.675. The number of fused-ring (bicyclic) bond motifs is 18. The van der Waals surface area contributed by atoms with E-state index in [4.69, 9.17) is 23.2 Å². The molecule has 12 heterocycles. The van der Waals surface area contributed by atoms with Crippen LogP contribution in [0.2, 0.25) is 10.0 Å². The number of pyridine rings is 12. The molecular formula is C89H64Cl2N12. The van der Waals surface area contributed by atoms with Crippen molar-refractivity contribution in [2.45, 2.75) is 34.6 Å². The van der Waals surface area contributed by atoms with E-state index in [0.29, 0.717) is 10.0 Å². The van der Waals surface area contributed by atoms with Gasteiger partial charge >= 0.3 is 0 Å². The van der Waals surface area contributed by atoms with Gasteiger partial charge in [0.15, 0.2) is 0 Å². The van der Waals surface area contributed by atoms with Crippen LogP contribution in [0, 0.1) is 34.6 Å². The fourth-order valence-corrected chi connectivity index (χ4v) is 13.4. The van der Waals surface area contributed by atoms with E-state index >= 15 is 0 Å². The number of hydrogen-bond acceptors (Lipinski definition) is 12. The summed E-state index contributed by atoms with van der Waals surface area (Å²) < 4.78 is 0. The van der Waals surface area contributed by atoms with Gasteiger partial charge in [-0.1, -0.05) is 187 Å². The second-order valence-electron chi connectivity index (χ2n) is 24.9. The van der Waals surface area contributed by atoms with Gasteiger partial charge in [0, 0.05) is 137 Å². The predicted molar refractivity (Wildman–Crippen MR) is 427 cm³/mol. The summed E-state index contributed by atoms with van der Waals surface area (Å²) in [6.07, 6.45) is 16.2. The maximum Gasteiger partial charge on any atom is 0.0980 e. The summed E-state index contributed by atoms with van der Waals surface area (Å²) in [5.74, 6) is 0. The molecule has 103 heavy (non-hydrogen) atoms. The third kappa shape index (κ3) is 13.9. The highest BCUT2D eigenvalue weighted by atomic mass is 35.5. The molecule has 0 amide bonds. The molecule has 0 aliphatic rings. The third-order valence-electron chi connectivity index (χ3n) is 18.0. The lowest BCUT2D eigenvalue weighted by Crippen LogP contribution is -1.90. The molecule has 0 aliphatic heterocycles. The van der Waals surface area contributed by atoms with Crippen molar-refractivity contribution in [1.29, 1.82) is 0 Å². The zero-order valence-corrected chi connectivity index (χ0v) is 58.4. The van der Waals surface area contributed by atoms with Crippen molar-refractivity contribution in [2.24, 2.45) is 0 Å². The smallest absolute Gasteiger partial charge is 0.0980 e. The highest BCUT2D eigenvalue weighted by Crippen LogP contribution is 2.36. The zero-order valence-electron chi connectivity index (χ0n) is 56.9. The van der Waals surface area contributed by atoms with Crippen LogP contribution in [-0.2, 0) is 0 Å². The molecule has 0 N–H and O–H groups in total. The van der Waals surface area contributed by atoms with Crippen molar-refractivity contribution in [3.05, 3.63) is 337 Å². The van der Waals surface area contributed by atoms with E-state index in [2.05, 4.69) is 231 Å². The minimum atomic E-state index is 0.675. The summed E-state index contributed by atoms with van der Waals surface area (Å²) in [4.78, 5) is 53.6. The van der Waals surface area contributed by atoms with Crippen molar-refractivity contribution in [3.63, 3.8) is 0 Å². The SMILES string of the molecule is Cc1cc2cccnc2c2ncccc12.Cc1ccc2ccc3ccc(C)nc3c2n1.Cc1ccc2ccc3cccnc3c2n1.Cc1ccnc2c1ccc1cccnc12.Clc1ccnc2c1ccc1c(Cl)ccnc12.c1ccc(-c2ccnc3c2ccc2c(-c4ccccc4)ccnc23)cc1. The summed E-state index contributed by atoms with van der Waals surface area (Å²) in [5.41, 5.74) is 21.7. The van der Waals surface area contributed by atoms with E-state index in [9.17, 15) is 0 Å². The lowest BCUT2D eigenvalue weighted by atomic mass is 9.97. The first-order valence-electron chi connectivity index (χ1n) is 33.7. The van der Waals surface area contributed by atoms with Crippen molar-refractivity contribution in [2.75, 3.05) is 0 Å². The first-order valence-corrected chi connectivity index (χ1v) is 34.4. The van der Waals surface area contributed by atoms with Crippen LogP contribution in [0.4, 0.5) is 0 Å². The van der Waals surface area contributed by atoms with Gasteiger partial charge < -0.3 is 0 Å². The van der Waals surface area contributed by atoms with Crippen molar-refractivity contribution < 1.29 is 0 Å². The molecule has 0 fully saturated rings. The van der Waals surface area contributed by atoms with Gasteiger partial charge in [0.05, 0.1) is 76.2 Å². The summed E-state index contributed by atoms with van der Waals surface area (Å²) in [6, 6.07) is 81.9. The van der Waals surface area contributed by atoms with Crippen LogP contribution in [0.5, 0.6) is 0 Å². The summed E-state index contributed by atoms with van der Waals surface area (Å²) in [6.45, 7) is 10.2. The molecule has 494 valence electrons. The Morgan fingerprint density at radius 2 is 0.505 bits per heavy atom. The average molecular weight is 1370 g/mol. The van der Waals surface area contributed by atoms with Crippen LogP contribution in [0.15, 0.2) is 298 Å². The Hall–Kier alpha value is -12.7. The molecule has 0 radical (unpaired) electrons. The second-order valence-corrected chi connectivity index (χ2v) is 25.7. The topological polar surface area (TPSA) is 155 Å². The Kier molecular flexibility index (Phi) is 19.0. The van der Waals surface area contributed by atoms with Gasteiger partial charge in [-0.3, -0.25) is 59.8 Å². The number of rotatable bonds is 2. The molecule has 0 atom stereocenters. The lowest BCUT2D eigenvalue weighted by Gasteiger charge is -2.11.